The molecule has 0 saturated carbocycles. The first-order valence-electron chi connectivity index (χ1n) is 9.72. The maximum atomic E-state index is 12.8. The van der Waals surface area contributed by atoms with Crippen molar-refractivity contribution in [2.24, 2.45) is 0 Å². The van der Waals surface area contributed by atoms with E-state index >= 15 is 0 Å². The van der Waals surface area contributed by atoms with Gasteiger partial charge in [-0.1, -0.05) is 0 Å². The Balaban J connectivity index is 1.52. The van der Waals surface area contributed by atoms with E-state index in [0.29, 0.717) is 30.1 Å². The molecule has 1 aliphatic heterocycles. The number of ether oxygens (including phenoxy) is 1. The second kappa shape index (κ2) is 8.39. The molecule has 0 aromatic carbocycles. The van der Waals surface area contributed by atoms with Crippen LogP contribution < -0.4 is 20.7 Å². The lowest BCUT2D eigenvalue weighted by atomic mass is 10.1. The molecule has 1 aliphatic rings. The number of aromatic nitrogens is 5. The Morgan fingerprint density at radius 2 is 2.07 bits per heavy atom. The lowest BCUT2D eigenvalue weighted by Gasteiger charge is -2.23. The van der Waals surface area contributed by atoms with Crippen LogP contribution in [-0.4, -0.2) is 56.0 Å². The highest BCUT2D eigenvalue weighted by Crippen LogP contribution is 2.20. The molecule has 0 atom stereocenters. The van der Waals surface area contributed by atoms with Gasteiger partial charge >= 0.3 is 0 Å². The molecule has 4 rings (SSSR count). The van der Waals surface area contributed by atoms with Crippen LogP contribution in [0.1, 0.15) is 35.8 Å². The highest BCUT2D eigenvalue weighted by atomic mass is 16.5. The first-order valence-corrected chi connectivity index (χ1v) is 9.72. The quantitative estimate of drug-likeness (QED) is 0.575. The molecule has 0 spiro atoms. The number of rotatable bonds is 6. The highest BCUT2D eigenvalue weighted by Gasteiger charge is 2.19. The summed E-state index contributed by atoms with van der Waals surface area (Å²) < 4.78 is 7.41. The molecule has 29 heavy (non-hydrogen) atoms. The maximum Gasteiger partial charge on any atom is 0.263 e. The summed E-state index contributed by atoms with van der Waals surface area (Å²) in [4.78, 5) is 30.1. The van der Waals surface area contributed by atoms with E-state index in [-0.39, 0.29) is 17.4 Å². The Kier molecular flexibility index (Phi) is 5.52. The molecule has 3 aromatic rings. The predicted molar refractivity (Wildman–Crippen MR) is 108 cm³/mol. The van der Waals surface area contributed by atoms with Crippen molar-refractivity contribution in [2.45, 2.75) is 32.7 Å². The molecule has 0 unspecified atom stereocenters. The van der Waals surface area contributed by atoms with Crippen molar-refractivity contribution in [1.29, 1.82) is 0 Å². The number of fused-ring (bicyclic) bond motifs is 1. The Bertz CT molecular complexity index is 1010. The number of carbonyl (C=O) groups excluding carboxylic acids is 1. The fourth-order valence-electron chi connectivity index (χ4n) is 3.26. The van der Waals surface area contributed by atoms with E-state index in [1.54, 1.807) is 12.4 Å². The highest BCUT2D eigenvalue weighted by molar-refractivity contribution is 6.05. The number of nitrogens with zero attached hydrogens (tertiary/aromatic N) is 5. The Labute approximate surface area is 168 Å². The van der Waals surface area contributed by atoms with Gasteiger partial charge < -0.3 is 25.1 Å². The standard InChI is InChI=1S/C19H24N8O2/c1-3-29-18-14(8-22-19(26-18)24-13-4-6-20-7-5-13)17(28)25-15-11-27-10-12(2)23-16(27)9-21-15/h8-11,13,20H,3-7H2,1-2H3,(H,25,28)(H,22,24,26). The van der Waals surface area contributed by atoms with Crippen molar-refractivity contribution in [3.8, 4) is 5.88 Å². The minimum absolute atomic E-state index is 0.246. The Morgan fingerprint density at radius 3 is 2.86 bits per heavy atom. The average Bonchev–Trinajstić information content (AvgIpc) is 3.08. The summed E-state index contributed by atoms with van der Waals surface area (Å²) in [6, 6.07) is 0.306. The lowest BCUT2D eigenvalue weighted by molar-refractivity contribution is 0.102. The Morgan fingerprint density at radius 1 is 1.24 bits per heavy atom. The number of nitrogens with one attached hydrogen (secondary N) is 3. The van der Waals surface area contributed by atoms with Crippen LogP contribution in [-0.2, 0) is 0 Å². The van der Waals surface area contributed by atoms with Crippen LogP contribution in [0.3, 0.4) is 0 Å². The van der Waals surface area contributed by atoms with E-state index in [2.05, 4.69) is 35.9 Å². The minimum Gasteiger partial charge on any atom is -0.477 e. The zero-order valence-electron chi connectivity index (χ0n) is 16.5. The minimum atomic E-state index is -0.384. The number of piperidine rings is 1. The van der Waals surface area contributed by atoms with Crippen molar-refractivity contribution >= 4 is 23.3 Å². The van der Waals surface area contributed by atoms with Crippen molar-refractivity contribution in [2.75, 3.05) is 30.3 Å². The third-order valence-corrected chi connectivity index (χ3v) is 4.66. The fourth-order valence-corrected chi connectivity index (χ4v) is 3.26. The summed E-state index contributed by atoms with van der Waals surface area (Å²) in [5.74, 6) is 0.728. The van der Waals surface area contributed by atoms with Gasteiger partial charge in [-0.05, 0) is 39.8 Å². The molecule has 1 saturated heterocycles. The number of aryl methyl sites for hydroxylation is 1. The monoisotopic (exact) mass is 396 g/mol. The number of amides is 1. The molecule has 3 N–H and O–H groups in total. The van der Waals surface area contributed by atoms with Gasteiger partial charge in [0.15, 0.2) is 5.65 Å². The van der Waals surface area contributed by atoms with E-state index in [9.17, 15) is 4.79 Å². The molecule has 10 heteroatoms. The summed E-state index contributed by atoms with van der Waals surface area (Å²) >= 11 is 0. The van der Waals surface area contributed by atoms with Crippen molar-refractivity contribution in [3.05, 3.63) is 36.0 Å². The normalized spacial score (nSPS) is 14.7. The van der Waals surface area contributed by atoms with Gasteiger partial charge in [0.1, 0.15) is 11.4 Å². The van der Waals surface area contributed by atoms with Crippen LogP contribution in [0.15, 0.2) is 24.8 Å². The van der Waals surface area contributed by atoms with Gasteiger partial charge in [0.25, 0.3) is 5.91 Å². The summed E-state index contributed by atoms with van der Waals surface area (Å²) in [6.45, 7) is 6.06. The average molecular weight is 396 g/mol. The zero-order valence-corrected chi connectivity index (χ0v) is 16.5. The van der Waals surface area contributed by atoms with Gasteiger partial charge in [-0.3, -0.25) is 4.79 Å². The summed E-state index contributed by atoms with van der Waals surface area (Å²) in [5, 5.41) is 9.42. The molecule has 10 nitrogen and oxygen atoms in total. The molecular weight excluding hydrogens is 372 g/mol. The Hall–Kier alpha value is -3.27. The van der Waals surface area contributed by atoms with Crippen LogP contribution in [0.25, 0.3) is 5.65 Å². The fraction of sp³-hybridized carbons (Fsp3) is 0.421. The third-order valence-electron chi connectivity index (χ3n) is 4.66. The number of imidazole rings is 1. The number of hydrogen-bond acceptors (Lipinski definition) is 8. The second-order valence-electron chi connectivity index (χ2n) is 6.89. The van der Waals surface area contributed by atoms with Crippen LogP contribution in [0.2, 0.25) is 0 Å². The molecule has 1 fully saturated rings. The number of anilines is 2. The SMILES string of the molecule is CCOc1nc(NC2CCNCC2)ncc1C(=O)Nc1cn2cc(C)nc2cn1. The number of carbonyl (C=O) groups is 1. The van der Waals surface area contributed by atoms with Crippen LogP contribution >= 0.6 is 0 Å². The van der Waals surface area contributed by atoms with Gasteiger partial charge in [0.05, 0.1) is 24.7 Å². The largest absolute Gasteiger partial charge is 0.477 e. The molecule has 152 valence electrons. The molecule has 0 aliphatic carbocycles. The first kappa shape index (κ1) is 19.1. The smallest absolute Gasteiger partial charge is 0.263 e. The van der Waals surface area contributed by atoms with Crippen LogP contribution in [0, 0.1) is 6.92 Å². The van der Waals surface area contributed by atoms with E-state index in [4.69, 9.17) is 4.74 Å². The molecule has 1 amide bonds. The zero-order chi connectivity index (χ0) is 20.2. The first-order chi connectivity index (χ1) is 14.1. The summed E-state index contributed by atoms with van der Waals surface area (Å²) in [6.07, 6.45) is 8.66. The van der Waals surface area contributed by atoms with Gasteiger partial charge in [0, 0.05) is 18.4 Å². The van der Waals surface area contributed by atoms with Crippen molar-refractivity contribution in [1.82, 2.24) is 29.7 Å². The predicted octanol–water partition coefficient (Wildman–Crippen LogP) is 1.64. The van der Waals surface area contributed by atoms with Gasteiger partial charge in [-0.15, -0.1) is 0 Å². The van der Waals surface area contributed by atoms with E-state index in [1.807, 2.05) is 24.4 Å². The van der Waals surface area contributed by atoms with Crippen molar-refractivity contribution in [3.63, 3.8) is 0 Å². The van der Waals surface area contributed by atoms with E-state index in [1.165, 1.54) is 6.20 Å². The van der Waals surface area contributed by atoms with E-state index < -0.39 is 0 Å². The third kappa shape index (κ3) is 4.43. The van der Waals surface area contributed by atoms with Gasteiger partial charge in [0.2, 0.25) is 11.8 Å². The summed E-state index contributed by atoms with van der Waals surface area (Å²) in [5.41, 5.74) is 1.85. The topological polar surface area (TPSA) is 118 Å². The summed E-state index contributed by atoms with van der Waals surface area (Å²) in [7, 11) is 0. The van der Waals surface area contributed by atoms with Crippen LogP contribution in [0.4, 0.5) is 11.8 Å². The molecular formula is C19H24N8O2. The molecule has 0 radical (unpaired) electrons. The lowest BCUT2D eigenvalue weighted by Crippen LogP contribution is -2.35. The van der Waals surface area contributed by atoms with Crippen molar-refractivity contribution < 1.29 is 9.53 Å². The second-order valence-corrected chi connectivity index (χ2v) is 6.89. The molecule has 0 bridgehead atoms. The molecule has 4 heterocycles. The molecule has 3 aromatic heterocycles. The maximum absolute atomic E-state index is 12.8. The van der Waals surface area contributed by atoms with Crippen LogP contribution in [0.5, 0.6) is 5.88 Å². The number of hydrogen-bond donors (Lipinski definition) is 3. The van der Waals surface area contributed by atoms with Gasteiger partial charge in [-0.2, -0.15) is 4.98 Å². The van der Waals surface area contributed by atoms with Gasteiger partial charge in [-0.25, -0.2) is 15.0 Å². The van der Waals surface area contributed by atoms with E-state index in [0.717, 1.165) is 31.6 Å².